The maximum Gasteiger partial charge on any atom is 0.226 e. The Balaban J connectivity index is 1.58. The van der Waals surface area contributed by atoms with Gasteiger partial charge in [-0.05, 0) is 31.2 Å². The molecular weight excluding hydrogens is 214 g/mol. The van der Waals surface area contributed by atoms with Crippen molar-refractivity contribution in [3.05, 3.63) is 23.8 Å². The van der Waals surface area contributed by atoms with E-state index in [0.717, 1.165) is 43.1 Å². The number of aryl methyl sites for hydroxylation is 1. The van der Waals surface area contributed by atoms with Gasteiger partial charge in [0.1, 0.15) is 5.82 Å². The van der Waals surface area contributed by atoms with Crippen LogP contribution >= 0.6 is 0 Å². The summed E-state index contributed by atoms with van der Waals surface area (Å²) in [4.78, 5) is 20.5. The van der Waals surface area contributed by atoms with E-state index in [-0.39, 0.29) is 11.3 Å². The Hall–Kier alpha value is -1.45. The van der Waals surface area contributed by atoms with Gasteiger partial charge in [-0.1, -0.05) is 6.92 Å². The van der Waals surface area contributed by atoms with Gasteiger partial charge in [0.2, 0.25) is 5.91 Å². The lowest BCUT2D eigenvalue weighted by Crippen LogP contribution is -2.60. The van der Waals surface area contributed by atoms with Gasteiger partial charge < -0.3 is 5.32 Å². The first-order chi connectivity index (χ1) is 8.22. The quantitative estimate of drug-likeness (QED) is 0.853. The molecule has 1 aromatic rings. The lowest BCUT2D eigenvalue weighted by atomic mass is 9.44. The number of amides is 1. The molecule has 3 saturated carbocycles. The molecule has 0 saturated heterocycles. The van der Waals surface area contributed by atoms with Gasteiger partial charge in [-0.15, -0.1) is 0 Å². The summed E-state index contributed by atoms with van der Waals surface area (Å²) >= 11 is 0. The van der Waals surface area contributed by atoms with E-state index in [1.807, 2.05) is 13.0 Å². The standard InChI is InChI=1S/C13H17N3O/c1-2-11-14-4-3-10(16-11)8-15-12(17)13-5-9(6-13)7-13/h3-4,9H,2,5-8H2,1H3,(H,15,17). The Morgan fingerprint density at radius 3 is 2.88 bits per heavy atom. The Morgan fingerprint density at radius 2 is 2.29 bits per heavy atom. The predicted octanol–water partition coefficient (Wildman–Crippen LogP) is 1.46. The zero-order valence-electron chi connectivity index (χ0n) is 10.1. The van der Waals surface area contributed by atoms with Crippen LogP contribution in [0.15, 0.2) is 12.3 Å². The van der Waals surface area contributed by atoms with Crippen LogP contribution in [0.3, 0.4) is 0 Å². The van der Waals surface area contributed by atoms with E-state index in [2.05, 4.69) is 15.3 Å². The van der Waals surface area contributed by atoms with Gasteiger partial charge in [0.25, 0.3) is 0 Å². The number of carbonyl (C=O) groups is 1. The highest BCUT2D eigenvalue weighted by Gasteiger charge is 2.61. The van der Waals surface area contributed by atoms with Crippen LogP contribution in [0.4, 0.5) is 0 Å². The van der Waals surface area contributed by atoms with Crippen LogP contribution in [0, 0.1) is 11.3 Å². The summed E-state index contributed by atoms with van der Waals surface area (Å²) in [7, 11) is 0. The fourth-order valence-corrected chi connectivity index (χ4v) is 2.82. The highest BCUT2D eigenvalue weighted by Crippen LogP contribution is 2.64. The second-order valence-electron chi connectivity index (χ2n) is 5.26. The highest BCUT2D eigenvalue weighted by atomic mass is 16.2. The molecule has 1 N–H and O–H groups in total. The molecule has 0 aromatic carbocycles. The fourth-order valence-electron chi connectivity index (χ4n) is 2.82. The molecule has 4 heteroatoms. The van der Waals surface area contributed by atoms with Crippen LogP contribution in [0.2, 0.25) is 0 Å². The second kappa shape index (κ2) is 3.79. The SMILES string of the molecule is CCc1nccc(CNC(=O)C23CC(C2)C3)n1. The minimum atomic E-state index is 0.00524. The van der Waals surface area contributed by atoms with Crippen molar-refractivity contribution in [3.63, 3.8) is 0 Å². The maximum atomic E-state index is 12.0. The number of aromatic nitrogens is 2. The zero-order chi connectivity index (χ0) is 11.9. The van der Waals surface area contributed by atoms with Crippen LogP contribution in [0.1, 0.15) is 37.7 Å². The molecule has 3 aliphatic rings. The Labute approximate surface area is 101 Å². The first-order valence-electron chi connectivity index (χ1n) is 6.31. The molecular formula is C13H17N3O. The largest absolute Gasteiger partial charge is 0.350 e. The van der Waals surface area contributed by atoms with Gasteiger partial charge >= 0.3 is 0 Å². The van der Waals surface area contributed by atoms with E-state index in [4.69, 9.17) is 0 Å². The average Bonchev–Trinajstić information content (AvgIpc) is 2.22. The van der Waals surface area contributed by atoms with Crippen molar-refractivity contribution in [1.82, 2.24) is 15.3 Å². The van der Waals surface area contributed by atoms with Gasteiger partial charge in [-0.25, -0.2) is 9.97 Å². The molecule has 0 aliphatic heterocycles. The van der Waals surface area contributed by atoms with Gasteiger partial charge in [0, 0.05) is 18.0 Å². The van der Waals surface area contributed by atoms with Crippen LogP contribution in [-0.4, -0.2) is 15.9 Å². The van der Waals surface area contributed by atoms with Crippen LogP contribution in [0.5, 0.6) is 0 Å². The van der Waals surface area contributed by atoms with Crippen molar-refractivity contribution in [3.8, 4) is 0 Å². The molecule has 3 aliphatic carbocycles. The van der Waals surface area contributed by atoms with Gasteiger partial charge in [-0.3, -0.25) is 4.79 Å². The number of nitrogens with one attached hydrogen (secondary N) is 1. The van der Waals surface area contributed by atoms with Crippen LogP contribution in [0.25, 0.3) is 0 Å². The molecule has 1 heterocycles. The molecule has 90 valence electrons. The molecule has 3 fully saturated rings. The molecule has 1 amide bonds. The van der Waals surface area contributed by atoms with Crippen LogP contribution in [-0.2, 0) is 17.8 Å². The summed E-state index contributed by atoms with van der Waals surface area (Å²) in [6, 6.07) is 1.86. The number of rotatable bonds is 4. The van der Waals surface area contributed by atoms with E-state index in [9.17, 15) is 4.79 Å². The summed E-state index contributed by atoms with van der Waals surface area (Å²) in [6.45, 7) is 2.56. The Kier molecular flexibility index (Phi) is 2.38. The van der Waals surface area contributed by atoms with Crippen molar-refractivity contribution in [1.29, 1.82) is 0 Å². The lowest BCUT2D eigenvalue weighted by molar-refractivity contribution is -0.165. The summed E-state index contributed by atoms with van der Waals surface area (Å²) in [5.74, 6) is 1.89. The molecule has 4 nitrogen and oxygen atoms in total. The monoisotopic (exact) mass is 231 g/mol. The minimum Gasteiger partial charge on any atom is -0.350 e. The fraction of sp³-hybridized carbons (Fsp3) is 0.615. The number of carbonyl (C=O) groups excluding carboxylic acids is 1. The molecule has 4 rings (SSSR count). The summed E-state index contributed by atoms with van der Waals surface area (Å²) in [5.41, 5.74) is 0.905. The van der Waals surface area contributed by atoms with Gasteiger partial charge in [0.05, 0.1) is 12.2 Å². The van der Waals surface area contributed by atoms with Crippen molar-refractivity contribution in [2.75, 3.05) is 0 Å². The third-order valence-electron chi connectivity index (χ3n) is 4.03. The Morgan fingerprint density at radius 1 is 1.53 bits per heavy atom. The third kappa shape index (κ3) is 1.72. The van der Waals surface area contributed by atoms with Crippen molar-refractivity contribution >= 4 is 5.91 Å². The molecule has 17 heavy (non-hydrogen) atoms. The smallest absolute Gasteiger partial charge is 0.226 e. The van der Waals surface area contributed by atoms with Gasteiger partial charge in [-0.2, -0.15) is 0 Å². The highest BCUT2D eigenvalue weighted by molar-refractivity contribution is 5.85. The van der Waals surface area contributed by atoms with E-state index in [0.29, 0.717) is 6.54 Å². The summed E-state index contributed by atoms with van der Waals surface area (Å²) in [5, 5.41) is 3.00. The van der Waals surface area contributed by atoms with Crippen LogP contribution < -0.4 is 5.32 Å². The zero-order valence-corrected chi connectivity index (χ0v) is 10.1. The first-order valence-corrected chi connectivity index (χ1v) is 6.31. The van der Waals surface area contributed by atoms with E-state index >= 15 is 0 Å². The Bertz CT molecular complexity index is 441. The lowest BCUT2D eigenvalue weighted by Gasteiger charge is -2.60. The van der Waals surface area contributed by atoms with Gasteiger partial charge in [0.15, 0.2) is 0 Å². The average molecular weight is 231 g/mol. The maximum absolute atomic E-state index is 12.0. The van der Waals surface area contributed by atoms with Crippen molar-refractivity contribution < 1.29 is 4.79 Å². The summed E-state index contributed by atoms with van der Waals surface area (Å²) < 4.78 is 0. The third-order valence-corrected chi connectivity index (χ3v) is 4.03. The molecule has 0 spiro atoms. The van der Waals surface area contributed by atoms with E-state index in [1.165, 1.54) is 0 Å². The van der Waals surface area contributed by atoms with Crippen molar-refractivity contribution in [2.45, 2.75) is 39.2 Å². The molecule has 0 atom stereocenters. The summed E-state index contributed by atoms with van der Waals surface area (Å²) in [6.07, 6.45) is 5.89. The molecule has 0 radical (unpaired) electrons. The number of hydrogen-bond acceptors (Lipinski definition) is 3. The molecule has 0 unspecified atom stereocenters. The number of hydrogen-bond donors (Lipinski definition) is 1. The molecule has 2 bridgehead atoms. The van der Waals surface area contributed by atoms with E-state index < -0.39 is 0 Å². The van der Waals surface area contributed by atoms with E-state index in [1.54, 1.807) is 6.20 Å². The topological polar surface area (TPSA) is 54.9 Å². The number of nitrogens with zero attached hydrogens (tertiary/aromatic N) is 2. The predicted molar refractivity (Wildman–Crippen MR) is 63.0 cm³/mol. The normalized spacial score (nSPS) is 29.1. The minimum absolute atomic E-state index is 0.00524. The van der Waals surface area contributed by atoms with Crippen molar-refractivity contribution in [2.24, 2.45) is 11.3 Å². The molecule has 1 aromatic heterocycles. The second-order valence-corrected chi connectivity index (χ2v) is 5.26. The first kappa shape index (κ1) is 10.7.